The van der Waals surface area contributed by atoms with Gasteiger partial charge >= 0.3 is 0 Å². The Labute approximate surface area is 99.0 Å². The average Bonchev–Trinajstić information content (AvgIpc) is 2.15. The first-order chi connectivity index (χ1) is 6.77. The summed E-state index contributed by atoms with van der Waals surface area (Å²) in [5.41, 5.74) is 0. The highest BCUT2D eigenvalue weighted by atomic mass is 32.1. The van der Waals surface area contributed by atoms with E-state index in [2.05, 4.69) is 31.8 Å². The molecule has 0 amide bonds. The van der Waals surface area contributed by atoms with Crippen molar-refractivity contribution >= 4 is 29.2 Å². The number of rotatable bonds is 9. The lowest BCUT2D eigenvalue weighted by Crippen LogP contribution is -1.98. The number of hydrogen-bond acceptors (Lipinski definition) is 3. The zero-order valence-electron chi connectivity index (χ0n) is 9.09. The van der Waals surface area contributed by atoms with Crippen molar-refractivity contribution in [1.82, 2.24) is 0 Å². The molecule has 0 saturated heterocycles. The molecule has 0 spiro atoms. The van der Waals surface area contributed by atoms with Gasteiger partial charge in [0.25, 0.3) is 0 Å². The Morgan fingerprint density at radius 1 is 1.00 bits per heavy atom. The van der Waals surface area contributed by atoms with E-state index in [0.29, 0.717) is 6.61 Å². The molecule has 0 saturated carbocycles. The predicted octanol–water partition coefficient (Wildman–Crippen LogP) is 3.98. The maximum Gasteiger partial charge on any atom is 0.0858 e. The largest absolute Gasteiger partial charge is 0.514 e. The fraction of sp³-hybridized carbons (Fsp3) is 0.909. The Morgan fingerprint density at radius 2 is 1.50 bits per heavy atom. The highest BCUT2D eigenvalue weighted by Gasteiger charge is 1.91. The summed E-state index contributed by atoms with van der Waals surface area (Å²) in [5.74, 6) is 0. The highest BCUT2D eigenvalue weighted by Crippen LogP contribution is 2.08. The van der Waals surface area contributed by atoms with Crippen LogP contribution in [0.15, 0.2) is 0 Å². The molecule has 0 aromatic carbocycles. The normalized spacial score (nSPS) is 10.1. The van der Waals surface area contributed by atoms with Crippen molar-refractivity contribution < 1.29 is 4.74 Å². The minimum atomic E-state index is 0.257. The van der Waals surface area contributed by atoms with E-state index in [9.17, 15) is 0 Å². The van der Waals surface area contributed by atoms with Gasteiger partial charge < -0.3 is 29.6 Å². The van der Waals surface area contributed by atoms with E-state index in [-0.39, 0.29) is 4.38 Å². The van der Waals surface area contributed by atoms with Gasteiger partial charge in [-0.25, -0.2) is 0 Å². The lowest BCUT2D eigenvalue weighted by Gasteiger charge is -2.08. The average molecular weight is 233 g/mol. The molecule has 0 atom stereocenters. The zero-order valence-corrected chi connectivity index (χ0v) is 10.7. The fourth-order valence-electron chi connectivity index (χ4n) is 1.39. The molecule has 0 radical (unpaired) electrons. The van der Waals surface area contributed by atoms with Crippen LogP contribution in [0, 0.1) is 0 Å². The maximum absolute atomic E-state index is 5.03. The molecule has 1 nitrogen and oxygen atoms in total. The smallest absolute Gasteiger partial charge is 0.0858 e. The molecule has 0 aromatic rings. The van der Waals surface area contributed by atoms with Gasteiger partial charge in [-0.1, -0.05) is 51.9 Å². The summed E-state index contributed by atoms with van der Waals surface area (Å²) in [4.78, 5) is 0. The first kappa shape index (κ1) is 14.1. The van der Waals surface area contributed by atoms with Crippen molar-refractivity contribution in [3.8, 4) is 0 Å². The molecule has 0 N–H and O–H groups in total. The van der Waals surface area contributed by atoms with E-state index in [4.69, 9.17) is 4.74 Å². The molecule has 3 heteroatoms. The Hall–Kier alpha value is 0.110. The monoisotopic (exact) mass is 233 g/mol. The van der Waals surface area contributed by atoms with Crippen LogP contribution in [-0.2, 0) is 17.4 Å². The summed E-state index contributed by atoms with van der Waals surface area (Å²) < 4.78 is 5.29. The van der Waals surface area contributed by atoms with Gasteiger partial charge in [-0.05, 0) is 6.42 Å². The third kappa shape index (κ3) is 12.1. The van der Waals surface area contributed by atoms with Crippen LogP contribution >= 0.6 is 12.2 Å². The molecule has 0 fully saturated rings. The summed E-state index contributed by atoms with van der Waals surface area (Å²) in [6.45, 7) is 2.95. The van der Waals surface area contributed by atoms with Gasteiger partial charge in [-0.15, -0.1) is 0 Å². The molecule has 84 valence electrons. The van der Waals surface area contributed by atoms with Crippen LogP contribution in [0.5, 0.6) is 0 Å². The second kappa shape index (κ2) is 11.2. The lowest BCUT2D eigenvalue weighted by molar-refractivity contribution is 0.308. The quantitative estimate of drug-likeness (QED) is 0.339. The van der Waals surface area contributed by atoms with Crippen LogP contribution in [0.3, 0.4) is 0 Å². The highest BCUT2D eigenvalue weighted by molar-refractivity contribution is 7.99. The molecule has 0 aliphatic carbocycles. The minimum absolute atomic E-state index is 0.257. The van der Waals surface area contributed by atoms with E-state index in [1.165, 1.54) is 44.9 Å². The van der Waals surface area contributed by atoms with Gasteiger partial charge in [0, 0.05) is 4.38 Å². The van der Waals surface area contributed by atoms with Gasteiger partial charge in [0.05, 0.1) is 6.61 Å². The third-order valence-electron chi connectivity index (χ3n) is 2.22. The summed E-state index contributed by atoms with van der Waals surface area (Å²) in [6, 6.07) is 0. The van der Waals surface area contributed by atoms with Gasteiger partial charge in [0.2, 0.25) is 0 Å². The van der Waals surface area contributed by atoms with Crippen LogP contribution < -0.4 is 0 Å². The van der Waals surface area contributed by atoms with E-state index < -0.39 is 0 Å². The van der Waals surface area contributed by atoms with E-state index in [1.807, 2.05) is 0 Å². The Kier molecular flexibility index (Phi) is 11.3. The fourth-order valence-corrected chi connectivity index (χ4v) is 1.56. The summed E-state index contributed by atoms with van der Waals surface area (Å²) in [6.07, 6.45) is 10.5. The summed E-state index contributed by atoms with van der Waals surface area (Å²) >= 11 is 9.27. The molecule has 0 heterocycles. The lowest BCUT2D eigenvalue weighted by atomic mass is 10.1. The molecule has 0 bridgehead atoms. The molecular weight excluding hydrogens is 212 g/mol. The molecule has 0 aromatic heterocycles. The molecule has 0 rings (SSSR count). The molecule has 0 unspecified atom stereocenters. The first-order valence-corrected chi connectivity index (χ1v) is 6.42. The Balaban J connectivity index is 2.88. The van der Waals surface area contributed by atoms with Crippen LogP contribution in [-0.4, -0.2) is 11.0 Å². The van der Waals surface area contributed by atoms with E-state index in [0.717, 1.165) is 6.42 Å². The SMILES string of the molecule is CCCCCCCCCCOC(=S)[S-]. The van der Waals surface area contributed by atoms with Gasteiger partial charge in [-0.3, -0.25) is 0 Å². The van der Waals surface area contributed by atoms with Gasteiger partial charge in [0.15, 0.2) is 0 Å². The van der Waals surface area contributed by atoms with Crippen LogP contribution in [0.25, 0.3) is 0 Å². The van der Waals surface area contributed by atoms with Crippen LogP contribution in [0.1, 0.15) is 58.3 Å². The summed E-state index contributed by atoms with van der Waals surface area (Å²) in [7, 11) is 0. The predicted molar refractivity (Wildman–Crippen MR) is 68.5 cm³/mol. The maximum atomic E-state index is 5.03. The van der Waals surface area contributed by atoms with E-state index >= 15 is 0 Å². The minimum Gasteiger partial charge on any atom is -0.514 e. The second-order valence-corrected chi connectivity index (χ2v) is 4.57. The van der Waals surface area contributed by atoms with Crippen molar-refractivity contribution in [1.29, 1.82) is 0 Å². The number of thiocarbonyl (C=S) groups is 1. The molecular formula is C11H21OS2-. The zero-order chi connectivity index (χ0) is 10.6. The standard InChI is InChI=1S/C11H22OS2/c1-2-3-4-5-6-7-8-9-10-12-11(13)14/h2-10H2,1H3,(H,13,14)/p-1. The summed E-state index contributed by atoms with van der Waals surface area (Å²) in [5, 5.41) is 0. The topological polar surface area (TPSA) is 9.23 Å². The Morgan fingerprint density at radius 3 is 2.00 bits per heavy atom. The van der Waals surface area contributed by atoms with Crippen molar-refractivity contribution in [2.45, 2.75) is 58.3 Å². The van der Waals surface area contributed by atoms with Crippen molar-refractivity contribution in [2.24, 2.45) is 0 Å². The van der Waals surface area contributed by atoms with Crippen LogP contribution in [0.2, 0.25) is 0 Å². The van der Waals surface area contributed by atoms with Crippen molar-refractivity contribution in [2.75, 3.05) is 6.61 Å². The van der Waals surface area contributed by atoms with Crippen LogP contribution in [0.4, 0.5) is 0 Å². The molecule has 0 aliphatic rings. The van der Waals surface area contributed by atoms with Gasteiger partial charge in [0.1, 0.15) is 0 Å². The van der Waals surface area contributed by atoms with E-state index in [1.54, 1.807) is 0 Å². The number of unbranched alkanes of at least 4 members (excludes halogenated alkanes) is 7. The second-order valence-electron chi connectivity index (χ2n) is 3.57. The van der Waals surface area contributed by atoms with Gasteiger partial charge in [-0.2, -0.15) is 0 Å². The molecule has 14 heavy (non-hydrogen) atoms. The number of ether oxygens (including phenoxy) is 1. The first-order valence-electron chi connectivity index (χ1n) is 5.61. The van der Waals surface area contributed by atoms with Crippen molar-refractivity contribution in [3.63, 3.8) is 0 Å². The third-order valence-corrected chi connectivity index (χ3v) is 2.45. The van der Waals surface area contributed by atoms with Crippen molar-refractivity contribution in [3.05, 3.63) is 0 Å². The molecule has 0 aliphatic heterocycles. The number of hydrogen-bond donors (Lipinski definition) is 0. The Bertz CT molecular complexity index is 137.